The maximum Gasteiger partial charge on any atom is 0.312 e. The number of carboxylic acid groups (broad SMARTS) is 1. The Bertz CT molecular complexity index is 731. The van der Waals surface area contributed by atoms with Crippen LogP contribution >= 0.6 is 0 Å². The van der Waals surface area contributed by atoms with Crippen molar-refractivity contribution in [3.8, 4) is 0 Å². The Morgan fingerprint density at radius 3 is 2.61 bits per heavy atom. The summed E-state index contributed by atoms with van der Waals surface area (Å²) in [6.45, 7) is 3.32. The van der Waals surface area contributed by atoms with Gasteiger partial charge in [0.1, 0.15) is 5.82 Å². The van der Waals surface area contributed by atoms with Gasteiger partial charge in [-0.15, -0.1) is 0 Å². The van der Waals surface area contributed by atoms with E-state index in [1.165, 1.54) is 12.1 Å². The Hall–Kier alpha value is -2.47. The number of halogens is 1. The van der Waals surface area contributed by atoms with Gasteiger partial charge >= 0.3 is 5.97 Å². The van der Waals surface area contributed by atoms with Gasteiger partial charge in [-0.05, 0) is 37.6 Å². The molecule has 3 N–H and O–H groups in total. The van der Waals surface area contributed by atoms with E-state index in [2.05, 4.69) is 15.6 Å². The van der Waals surface area contributed by atoms with Crippen molar-refractivity contribution in [2.75, 3.05) is 5.32 Å². The van der Waals surface area contributed by atoms with Crippen molar-refractivity contribution in [2.45, 2.75) is 26.1 Å². The monoisotopic (exact) mass is 315 g/mol. The largest absolute Gasteiger partial charge is 0.481 e. The zero-order valence-corrected chi connectivity index (χ0v) is 12.9. The van der Waals surface area contributed by atoms with E-state index in [4.69, 9.17) is 0 Å². The van der Waals surface area contributed by atoms with Crippen LogP contribution in [0.3, 0.4) is 0 Å². The number of nitrogens with zero attached hydrogens (tertiary/aromatic N) is 1. The van der Waals surface area contributed by atoms with E-state index in [-0.39, 0.29) is 11.9 Å². The summed E-state index contributed by atoms with van der Waals surface area (Å²) in [5.41, 5.74) is 1.55. The normalized spacial score (nSPS) is 20.5. The molecule has 2 heterocycles. The highest BCUT2D eigenvalue weighted by Crippen LogP contribution is 2.36. The number of hydrogen-bond acceptors (Lipinski definition) is 4. The number of aromatic nitrogens is 1. The number of fused-ring (bicyclic) bond motifs is 1. The Kier molecular flexibility index (Phi) is 3.77. The number of carboxylic acids is 1. The number of pyridine rings is 1. The molecule has 2 atom stereocenters. The van der Waals surface area contributed by atoms with Gasteiger partial charge in [0.05, 0.1) is 17.6 Å². The summed E-state index contributed by atoms with van der Waals surface area (Å²) in [7, 11) is 0. The van der Waals surface area contributed by atoms with Gasteiger partial charge in [-0.25, -0.2) is 4.39 Å². The first-order valence-corrected chi connectivity index (χ1v) is 7.35. The van der Waals surface area contributed by atoms with E-state index in [1.54, 1.807) is 38.4 Å². The minimum Gasteiger partial charge on any atom is -0.481 e. The molecule has 5 nitrogen and oxygen atoms in total. The van der Waals surface area contributed by atoms with Crippen molar-refractivity contribution in [3.05, 3.63) is 59.7 Å². The maximum absolute atomic E-state index is 13.2. The molecule has 0 saturated heterocycles. The van der Waals surface area contributed by atoms with Gasteiger partial charge in [-0.3, -0.25) is 15.1 Å². The Morgan fingerprint density at radius 2 is 1.96 bits per heavy atom. The molecule has 0 amide bonds. The van der Waals surface area contributed by atoms with Crippen LogP contribution in [0.1, 0.15) is 31.0 Å². The molecule has 2 aromatic rings. The van der Waals surface area contributed by atoms with Crippen LogP contribution < -0.4 is 10.6 Å². The molecule has 1 aliphatic heterocycles. The average molecular weight is 315 g/mol. The highest BCUT2D eigenvalue weighted by molar-refractivity contribution is 5.76. The molecule has 3 rings (SSSR count). The molecular weight excluding hydrogens is 297 g/mol. The number of aliphatic carboxylic acids is 1. The van der Waals surface area contributed by atoms with Crippen molar-refractivity contribution in [1.29, 1.82) is 0 Å². The smallest absolute Gasteiger partial charge is 0.312 e. The van der Waals surface area contributed by atoms with Gasteiger partial charge in [0.2, 0.25) is 0 Å². The molecule has 120 valence electrons. The topological polar surface area (TPSA) is 74.2 Å². The number of rotatable bonds is 3. The van der Waals surface area contributed by atoms with Crippen LogP contribution in [0.4, 0.5) is 10.1 Å². The van der Waals surface area contributed by atoms with E-state index in [0.717, 1.165) is 16.8 Å². The third kappa shape index (κ3) is 2.77. The molecule has 1 aliphatic rings. The molecule has 23 heavy (non-hydrogen) atoms. The number of anilines is 1. The fraction of sp³-hybridized carbons (Fsp3) is 0.294. The molecule has 1 aromatic carbocycles. The van der Waals surface area contributed by atoms with Crippen molar-refractivity contribution < 1.29 is 14.3 Å². The minimum atomic E-state index is -1.03. The van der Waals surface area contributed by atoms with E-state index in [1.807, 2.05) is 6.07 Å². The zero-order valence-electron chi connectivity index (χ0n) is 12.9. The van der Waals surface area contributed by atoms with Gasteiger partial charge in [0.15, 0.2) is 0 Å². The predicted octanol–water partition coefficient (Wildman–Crippen LogP) is 2.76. The number of hydrogen-bond donors (Lipinski definition) is 3. The fourth-order valence-electron chi connectivity index (χ4n) is 2.67. The summed E-state index contributed by atoms with van der Waals surface area (Å²) < 4.78 is 13.2. The van der Waals surface area contributed by atoms with Gasteiger partial charge in [0.25, 0.3) is 0 Å². The van der Waals surface area contributed by atoms with Crippen LogP contribution in [-0.4, -0.2) is 22.2 Å². The summed E-state index contributed by atoms with van der Waals surface area (Å²) in [6.07, 6.45) is 2.90. The molecule has 0 bridgehead atoms. The average Bonchev–Trinajstić information content (AvgIpc) is 2.54. The summed E-state index contributed by atoms with van der Waals surface area (Å²) in [5.74, 6) is -1.21. The second kappa shape index (κ2) is 5.62. The van der Waals surface area contributed by atoms with E-state index >= 15 is 0 Å². The maximum atomic E-state index is 13.2. The lowest BCUT2D eigenvalue weighted by molar-refractivity contribution is -0.148. The Morgan fingerprint density at radius 1 is 1.26 bits per heavy atom. The minimum absolute atomic E-state index is 0.260. The van der Waals surface area contributed by atoms with Crippen molar-refractivity contribution in [3.63, 3.8) is 0 Å². The lowest BCUT2D eigenvalue weighted by Gasteiger charge is -2.40. The van der Waals surface area contributed by atoms with Crippen LogP contribution in [0.15, 0.2) is 42.7 Å². The van der Waals surface area contributed by atoms with Crippen LogP contribution in [-0.2, 0) is 4.79 Å². The number of benzene rings is 1. The fourth-order valence-corrected chi connectivity index (χ4v) is 2.67. The van der Waals surface area contributed by atoms with Crippen LogP contribution in [0.5, 0.6) is 0 Å². The predicted molar refractivity (Wildman–Crippen MR) is 84.4 cm³/mol. The lowest BCUT2D eigenvalue weighted by atomic mass is 9.85. The van der Waals surface area contributed by atoms with Crippen molar-refractivity contribution >= 4 is 11.7 Å². The molecule has 0 radical (unpaired) electrons. The van der Waals surface area contributed by atoms with Gasteiger partial charge < -0.3 is 10.4 Å². The third-order valence-electron chi connectivity index (χ3n) is 4.27. The van der Waals surface area contributed by atoms with E-state index in [0.29, 0.717) is 0 Å². The first kappa shape index (κ1) is 15.4. The second-order valence-corrected chi connectivity index (χ2v) is 6.22. The zero-order chi connectivity index (χ0) is 16.6. The third-order valence-corrected chi connectivity index (χ3v) is 4.27. The standard InChI is InChI=1S/C17H18FN3O2/c1-17(2,16(22)23)15-20-13-7-8-19-9-12(13)14(21-15)10-3-5-11(18)6-4-10/h3-9,14-15,20-21H,1-2H3,(H,22,23). The van der Waals surface area contributed by atoms with Gasteiger partial charge in [0, 0.05) is 23.6 Å². The second-order valence-electron chi connectivity index (χ2n) is 6.22. The molecule has 0 saturated carbocycles. The summed E-state index contributed by atoms with van der Waals surface area (Å²) in [4.78, 5) is 15.7. The number of carbonyl (C=O) groups is 1. The SMILES string of the molecule is CC(C)(C(=O)O)C1Nc2ccncc2C(c2ccc(F)cc2)N1. The first-order valence-electron chi connectivity index (χ1n) is 7.35. The Balaban J connectivity index is 2.04. The van der Waals surface area contributed by atoms with E-state index < -0.39 is 17.6 Å². The molecule has 0 spiro atoms. The molecule has 6 heteroatoms. The van der Waals surface area contributed by atoms with Crippen molar-refractivity contribution in [1.82, 2.24) is 10.3 Å². The van der Waals surface area contributed by atoms with Crippen LogP contribution in [0.2, 0.25) is 0 Å². The highest BCUT2D eigenvalue weighted by Gasteiger charge is 2.41. The molecular formula is C17H18FN3O2. The van der Waals surface area contributed by atoms with Crippen LogP contribution in [0, 0.1) is 11.2 Å². The molecule has 1 aromatic heterocycles. The summed E-state index contributed by atoms with van der Waals surface area (Å²) in [6, 6.07) is 7.74. The van der Waals surface area contributed by atoms with Crippen LogP contribution in [0.25, 0.3) is 0 Å². The number of nitrogens with one attached hydrogen (secondary N) is 2. The van der Waals surface area contributed by atoms with Crippen molar-refractivity contribution in [2.24, 2.45) is 5.41 Å². The van der Waals surface area contributed by atoms with Gasteiger partial charge in [-0.2, -0.15) is 0 Å². The van der Waals surface area contributed by atoms with E-state index in [9.17, 15) is 14.3 Å². The first-order chi connectivity index (χ1) is 10.9. The molecule has 2 unspecified atom stereocenters. The quantitative estimate of drug-likeness (QED) is 0.812. The summed E-state index contributed by atoms with van der Waals surface area (Å²) in [5, 5.41) is 16.0. The highest BCUT2D eigenvalue weighted by atomic mass is 19.1. The van der Waals surface area contributed by atoms with Gasteiger partial charge in [-0.1, -0.05) is 12.1 Å². The molecule has 0 aliphatic carbocycles. The lowest BCUT2D eigenvalue weighted by Crippen LogP contribution is -2.55. The summed E-state index contributed by atoms with van der Waals surface area (Å²) >= 11 is 0. The molecule has 0 fully saturated rings. The Labute approximate surface area is 133 Å².